The molecule has 0 bridgehead atoms. The molecule has 0 saturated carbocycles. The van der Waals surface area contributed by atoms with E-state index in [9.17, 15) is 14.7 Å². The molecule has 0 aliphatic rings. The number of carboxylic acid groups (broad SMARTS) is 1. The molecule has 0 saturated heterocycles. The highest BCUT2D eigenvalue weighted by Gasteiger charge is 2.43. The smallest absolute Gasteiger partial charge is 0.323 e. The van der Waals surface area contributed by atoms with E-state index in [0.29, 0.717) is 6.42 Å². The van der Waals surface area contributed by atoms with Gasteiger partial charge in [0.05, 0.1) is 0 Å². The van der Waals surface area contributed by atoms with E-state index < -0.39 is 27.8 Å². The fraction of sp³-hybridized carbons (Fsp3) is 0.846. The van der Waals surface area contributed by atoms with Crippen molar-refractivity contribution in [3.8, 4) is 0 Å². The predicted molar refractivity (Wildman–Crippen MR) is 80.4 cm³/mol. The van der Waals surface area contributed by atoms with Crippen molar-refractivity contribution in [3.05, 3.63) is 0 Å². The van der Waals surface area contributed by atoms with E-state index >= 15 is 0 Å². The normalized spacial score (nSPS) is 14.7. The van der Waals surface area contributed by atoms with Crippen LogP contribution >= 0.6 is 34.8 Å². The van der Waals surface area contributed by atoms with E-state index in [1.165, 1.54) is 6.92 Å². The fourth-order valence-electron chi connectivity index (χ4n) is 1.69. The van der Waals surface area contributed by atoms with Crippen LogP contribution in [0, 0.1) is 5.41 Å². The molecule has 118 valence electrons. The molecule has 1 N–H and O–H groups in total. The summed E-state index contributed by atoms with van der Waals surface area (Å²) in [6.45, 7) is 2.97. The molecule has 0 fully saturated rings. The summed E-state index contributed by atoms with van der Waals surface area (Å²) in [5, 5.41) is 9.24. The van der Waals surface area contributed by atoms with E-state index in [2.05, 4.69) is 6.92 Å². The van der Waals surface area contributed by atoms with Crippen molar-refractivity contribution in [1.29, 1.82) is 0 Å². The Morgan fingerprint density at radius 3 is 2.10 bits per heavy atom. The minimum atomic E-state index is -1.74. The van der Waals surface area contributed by atoms with Gasteiger partial charge in [-0.25, -0.2) is 0 Å². The molecule has 0 aromatic carbocycles. The summed E-state index contributed by atoms with van der Waals surface area (Å²) in [6, 6.07) is 0. The van der Waals surface area contributed by atoms with Gasteiger partial charge in [0.1, 0.15) is 6.61 Å². The Balaban J connectivity index is 4.43. The molecule has 0 aromatic heterocycles. The number of aliphatic carboxylic acids is 1. The van der Waals surface area contributed by atoms with Crippen LogP contribution in [0.2, 0.25) is 0 Å². The molecule has 20 heavy (non-hydrogen) atoms. The van der Waals surface area contributed by atoms with Crippen molar-refractivity contribution in [3.63, 3.8) is 0 Å². The van der Waals surface area contributed by atoms with Crippen LogP contribution in [0.15, 0.2) is 0 Å². The van der Waals surface area contributed by atoms with Gasteiger partial charge in [-0.3, -0.25) is 9.59 Å². The van der Waals surface area contributed by atoms with Crippen molar-refractivity contribution in [2.24, 2.45) is 5.41 Å². The van der Waals surface area contributed by atoms with Gasteiger partial charge < -0.3 is 9.84 Å². The number of carbonyl (C=O) groups excluding carboxylic acids is 1. The van der Waals surface area contributed by atoms with Crippen LogP contribution in [0.4, 0.5) is 0 Å². The molecular weight excluding hydrogens is 326 g/mol. The Morgan fingerprint density at radius 1 is 1.10 bits per heavy atom. The number of carboxylic acids is 1. The summed E-state index contributed by atoms with van der Waals surface area (Å²) in [7, 11) is 0. The number of hydrogen-bond donors (Lipinski definition) is 1. The summed E-state index contributed by atoms with van der Waals surface area (Å²) >= 11 is 16.4. The Morgan fingerprint density at radius 2 is 1.65 bits per heavy atom. The molecule has 0 spiro atoms. The molecule has 0 aliphatic carbocycles. The largest absolute Gasteiger partial charge is 0.480 e. The van der Waals surface area contributed by atoms with Crippen LogP contribution in [-0.4, -0.2) is 27.4 Å². The number of rotatable bonds is 9. The first-order valence-corrected chi connectivity index (χ1v) is 7.74. The van der Waals surface area contributed by atoms with Gasteiger partial charge in [-0.05, 0) is 13.3 Å². The number of ether oxygens (including phenoxy) is 1. The lowest BCUT2D eigenvalue weighted by Gasteiger charge is -2.23. The molecule has 7 heteroatoms. The standard InChI is InChI=1S/C13H21Cl3O4/c1-3-4-5-6-7-8-12(2,10(17)18)11(19)20-9-13(14,15)16/h3-9H2,1-2H3,(H,17,18)/t12-/m1/s1. The number of esters is 1. The second-order valence-corrected chi connectivity index (χ2v) is 7.51. The van der Waals surface area contributed by atoms with E-state index in [-0.39, 0.29) is 6.42 Å². The zero-order valence-electron chi connectivity index (χ0n) is 11.8. The number of halogens is 3. The molecule has 0 radical (unpaired) electrons. The topological polar surface area (TPSA) is 63.6 Å². The Hall–Kier alpha value is -0.190. The van der Waals surface area contributed by atoms with E-state index in [0.717, 1.165) is 25.7 Å². The van der Waals surface area contributed by atoms with Crippen LogP contribution in [0.3, 0.4) is 0 Å². The Kier molecular flexibility index (Phi) is 8.87. The van der Waals surface area contributed by atoms with E-state index in [1.54, 1.807) is 0 Å². The second kappa shape index (κ2) is 8.96. The SMILES string of the molecule is CCCCCCC[C@](C)(C(=O)O)C(=O)OCC(Cl)(Cl)Cl. The molecule has 0 aromatic rings. The Bertz CT molecular complexity index is 328. The monoisotopic (exact) mass is 346 g/mol. The van der Waals surface area contributed by atoms with Crippen LogP contribution in [0.5, 0.6) is 0 Å². The highest BCUT2D eigenvalue weighted by atomic mass is 35.6. The van der Waals surface area contributed by atoms with Crippen molar-refractivity contribution >= 4 is 46.7 Å². The highest BCUT2D eigenvalue weighted by molar-refractivity contribution is 6.67. The van der Waals surface area contributed by atoms with Crippen molar-refractivity contribution in [2.45, 2.75) is 56.2 Å². The lowest BCUT2D eigenvalue weighted by Crippen LogP contribution is -2.39. The van der Waals surface area contributed by atoms with E-state index in [1.807, 2.05) is 0 Å². The predicted octanol–water partition coefficient (Wildman–Crippen LogP) is 4.35. The fourth-order valence-corrected chi connectivity index (χ4v) is 1.85. The second-order valence-electron chi connectivity index (χ2n) is 4.99. The van der Waals surface area contributed by atoms with Crippen molar-refractivity contribution in [1.82, 2.24) is 0 Å². The van der Waals surface area contributed by atoms with Gasteiger partial charge in [0.25, 0.3) is 0 Å². The van der Waals surface area contributed by atoms with Gasteiger partial charge in [-0.15, -0.1) is 0 Å². The van der Waals surface area contributed by atoms with E-state index in [4.69, 9.17) is 39.5 Å². The van der Waals surface area contributed by atoms with Crippen molar-refractivity contribution < 1.29 is 19.4 Å². The van der Waals surface area contributed by atoms with Crippen LogP contribution in [-0.2, 0) is 14.3 Å². The first-order valence-electron chi connectivity index (χ1n) is 6.61. The number of hydrogen-bond acceptors (Lipinski definition) is 3. The average molecular weight is 348 g/mol. The third-order valence-electron chi connectivity index (χ3n) is 3.07. The van der Waals surface area contributed by atoms with Crippen LogP contribution in [0.25, 0.3) is 0 Å². The third-order valence-corrected chi connectivity index (χ3v) is 3.40. The van der Waals surface area contributed by atoms with Crippen molar-refractivity contribution in [2.75, 3.05) is 6.61 Å². The number of carbonyl (C=O) groups is 2. The summed E-state index contributed by atoms with van der Waals surface area (Å²) in [5.41, 5.74) is -1.60. The highest BCUT2D eigenvalue weighted by Crippen LogP contribution is 2.30. The lowest BCUT2D eigenvalue weighted by atomic mass is 9.84. The zero-order chi connectivity index (χ0) is 15.8. The minimum Gasteiger partial charge on any atom is -0.480 e. The molecule has 0 heterocycles. The molecule has 1 atom stereocenters. The van der Waals surface area contributed by atoms with Gasteiger partial charge in [-0.2, -0.15) is 0 Å². The summed E-state index contributed by atoms with van der Waals surface area (Å²) in [5.74, 6) is -2.09. The minimum absolute atomic E-state index is 0.213. The number of unbranched alkanes of at least 4 members (excludes halogenated alkanes) is 4. The molecule has 0 amide bonds. The average Bonchev–Trinajstić information content (AvgIpc) is 2.34. The zero-order valence-corrected chi connectivity index (χ0v) is 14.0. The molecule has 0 aliphatic heterocycles. The third kappa shape index (κ3) is 7.55. The lowest BCUT2D eigenvalue weighted by molar-refractivity contribution is -0.168. The maximum atomic E-state index is 11.9. The van der Waals surface area contributed by atoms with Gasteiger partial charge in [0, 0.05) is 0 Å². The first-order chi connectivity index (χ1) is 9.13. The van der Waals surface area contributed by atoms with Crippen LogP contribution in [0.1, 0.15) is 52.4 Å². The summed E-state index contributed by atoms with van der Waals surface area (Å²) in [6.07, 6.45) is 4.96. The summed E-state index contributed by atoms with van der Waals surface area (Å²) < 4.78 is 3.06. The van der Waals surface area contributed by atoms with Gasteiger partial charge in [0.15, 0.2) is 5.41 Å². The molecule has 4 nitrogen and oxygen atoms in total. The maximum Gasteiger partial charge on any atom is 0.323 e. The quantitative estimate of drug-likeness (QED) is 0.291. The Labute approximate surface area is 134 Å². The van der Waals surface area contributed by atoms with Gasteiger partial charge >= 0.3 is 11.9 Å². The molecule has 0 unspecified atom stereocenters. The summed E-state index contributed by atoms with van der Waals surface area (Å²) in [4.78, 5) is 23.2. The van der Waals surface area contributed by atoms with Crippen LogP contribution < -0.4 is 0 Å². The molecular formula is C13H21Cl3O4. The maximum absolute atomic E-state index is 11.9. The first kappa shape index (κ1) is 19.8. The molecule has 0 rings (SSSR count). The van der Waals surface area contributed by atoms with Gasteiger partial charge in [-0.1, -0.05) is 73.8 Å². The van der Waals surface area contributed by atoms with Gasteiger partial charge in [0.2, 0.25) is 3.79 Å². The number of alkyl halides is 3.